The van der Waals surface area contributed by atoms with E-state index in [1.54, 1.807) is 30.4 Å². The van der Waals surface area contributed by atoms with Crippen LogP contribution in [-0.4, -0.2) is 33.0 Å². The number of benzene rings is 1. The van der Waals surface area contributed by atoms with Crippen molar-refractivity contribution in [3.05, 3.63) is 66.2 Å². The second-order valence-corrected chi connectivity index (χ2v) is 6.33. The summed E-state index contributed by atoms with van der Waals surface area (Å²) in [6.45, 7) is 0.329. The van der Waals surface area contributed by atoms with Crippen LogP contribution in [0.5, 0.6) is 5.75 Å². The minimum Gasteiger partial charge on any atom is -0.496 e. The first kappa shape index (κ1) is 16.3. The molecule has 1 amide bonds. The van der Waals surface area contributed by atoms with Crippen molar-refractivity contribution in [3.8, 4) is 11.4 Å². The molecule has 26 heavy (non-hydrogen) atoms. The lowest BCUT2D eigenvalue weighted by molar-refractivity contribution is -0.123. The number of nitrogens with one attached hydrogen (secondary N) is 1. The Morgan fingerprint density at radius 2 is 2.12 bits per heavy atom. The molecule has 0 aliphatic heterocycles. The molecule has 3 aromatic rings. The monoisotopic (exact) mass is 349 g/mol. The summed E-state index contributed by atoms with van der Waals surface area (Å²) in [5.41, 5.74) is 1.97. The molecular weight excluding hydrogens is 330 g/mol. The molecule has 0 atom stereocenters. The second-order valence-electron chi connectivity index (χ2n) is 6.33. The summed E-state index contributed by atoms with van der Waals surface area (Å²) in [6.07, 6.45) is 6.84. The molecular formula is C19H19N5O2. The second kappa shape index (κ2) is 6.59. The number of ether oxygens (including phenoxy) is 1. The summed E-state index contributed by atoms with van der Waals surface area (Å²) in [6, 6.07) is 11.4. The van der Waals surface area contributed by atoms with Crippen molar-refractivity contribution in [2.75, 3.05) is 7.11 Å². The van der Waals surface area contributed by atoms with Gasteiger partial charge in [-0.2, -0.15) is 0 Å². The van der Waals surface area contributed by atoms with E-state index in [0.717, 1.165) is 29.8 Å². The number of carbonyl (C=O) groups excluding carboxylic acids is 1. The predicted molar refractivity (Wildman–Crippen MR) is 94.9 cm³/mol. The molecule has 1 N–H and O–H groups in total. The van der Waals surface area contributed by atoms with Crippen LogP contribution in [0.3, 0.4) is 0 Å². The average molecular weight is 349 g/mol. The highest BCUT2D eigenvalue weighted by Gasteiger charge is 2.52. The number of pyridine rings is 1. The zero-order chi connectivity index (χ0) is 18.0. The Bertz CT molecular complexity index is 918. The third-order valence-electron chi connectivity index (χ3n) is 4.69. The fraction of sp³-hybridized carbons (Fsp3) is 0.263. The summed E-state index contributed by atoms with van der Waals surface area (Å²) < 4.78 is 7.07. The normalized spacial score (nSPS) is 14.7. The number of amides is 1. The van der Waals surface area contributed by atoms with Crippen LogP contribution < -0.4 is 10.1 Å². The summed E-state index contributed by atoms with van der Waals surface area (Å²) in [5.74, 6) is 0.751. The molecule has 4 rings (SSSR count). The highest BCUT2D eigenvalue weighted by molar-refractivity contribution is 5.92. The number of hydrogen-bond donors (Lipinski definition) is 1. The maximum Gasteiger partial charge on any atom is 0.231 e. The Balaban J connectivity index is 1.45. The summed E-state index contributed by atoms with van der Waals surface area (Å²) in [4.78, 5) is 16.9. The van der Waals surface area contributed by atoms with Crippen LogP contribution in [-0.2, 0) is 16.8 Å². The number of aromatic nitrogens is 4. The van der Waals surface area contributed by atoms with Crippen molar-refractivity contribution in [1.29, 1.82) is 0 Å². The number of nitrogens with zero attached hydrogens (tertiary/aromatic N) is 4. The lowest BCUT2D eigenvalue weighted by Gasteiger charge is -2.18. The molecule has 1 fully saturated rings. The van der Waals surface area contributed by atoms with Gasteiger partial charge < -0.3 is 10.1 Å². The van der Waals surface area contributed by atoms with Gasteiger partial charge in [-0.1, -0.05) is 23.4 Å². The number of para-hydroxylation sites is 1. The van der Waals surface area contributed by atoms with Gasteiger partial charge in [0.1, 0.15) is 11.4 Å². The van der Waals surface area contributed by atoms with Gasteiger partial charge in [0.25, 0.3) is 0 Å². The van der Waals surface area contributed by atoms with Gasteiger partial charge in [-0.05, 0) is 31.0 Å². The van der Waals surface area contributed by atoms with E-state index < -0.39 is 5.41 Å². The number of methoxy groups -OCH3 is 1. The van der Waals surface area contributed by atoms with Crippen molar-refractivity contribution < 1.29 is 9.53 Å². The van der Waals surface area contributed by atoms with Crippen LogP contribution in [0.4, 0.5) is 0 Å². The fourth-order valence-corrected chi connectivity index (χ4v) is 3.12. The largest absolute Gasteiger partial charge is 0.496 e. The van der Waals surface area contributed by atoms with Gasteiger partial charge in [-0.3, -0.25) is 9.78 Å². The molecule has 132 valence electrons. The predicted octanol–water partition coefficient (Wildman–Crippen LogP) is 2.02. The standard InChI is InChI=1S/C19H19N5O2/c1-26-17-7-3-2-6-16(17)19(8-9-19)18(25)21-11-14-13-24(23-22-14)15-5-4-10-20-12-15/h2-7,10,12-13H,8-9,11H2,1H3,(H,21,25). The van der Waals surface area contributed by atoms with E-state index in [1.807, 2.05) is 36.4 Å². The van der Waals surface area contributed by atoms with E-state index in [1.165, 1.54) is 0 Å². The fourth-order valence-electron chi connectivity index (χ4n) is 3.12. The van der Waals surface area contributed by atoms with Crippen LogP contribution in [0, 0.1) is 0 Å². The first-order valence-corrected chi connectivity index (χ1v) is 8.46. The Kier molecular flexibility index (Phi) is 4.12. The summed E-state index contributed by atoms with van der Waals surface area (Å²) in [7, 11) is 1.63. The van der Waals surface area contributed by atoms with Gasteiger partial charge >= 0.3 is 0 Å². The highest BCUT2D eigenvalue weighted by atomic mass is 16.5. The lowest BCUT2D eigenvalue weighted by atomic mass is 9.94. The molecule has 2 heterocycles. The van der Waals surface area contributed by atoms with Gasteiger partial charge in [-0.25, -0.2) is 4.68 Å². The first-order valence-electron chi connectivity index (χ1n) is 8.46. The Morgan fingerprint density at radius 1 is 1.27 bits per heavy atom. The van der Waals surface area contributed by atoms with Gasteiger partial charge in [0.15, 0.2) is 0 Å². The van der Waals surface area contributed by atoms with Crippen LogP contribution in [0.1, 0.15) is 24.1 Å². The van der Waals surface area contributed by atoms with Gasteiger partial charge in [0.2, 0.25) is 5.91 Å². The smallest absolute Gasteiger partial charge is 0.231 e. The van der Waals surface area contributed by atoms with Crippen LogP contribution in [0.25, 0.3) is 5.69 Å². The van der Waals surface area contributed by atoms with Crippen molar-refractivity contribution in [3.63, 3.8) is 0 Å². The van der Waals surface area contributed by atoms with E-state index in [9.17, 15) is 4.79 Å². The molecule has 1 saturated carbocycles. The van der Waals surface area contributed by atoms with Crippen LogP contribution in [0.15, 0.2) is 55.0 Å². The van der Waals surface area contributed by atoms with Gasteiger partial charge in [0.05, 0.1) is 37.2 Å². The molecule has 7 nitrogen and oxygen atoms in total. The minimum atomic E-state index is -0.494. The van der Waals surface area contributed by atoms with Crippen molar-refractivity contribution in [1.82, 2.24) is 25.3 Å². The quantitative estimate of drug-likeness (QED) is 0.736. The molecule has 0 radical (unpaired) electrons. The number of rotatable bonds is 6. The lowest BCUT2D eigenvalue weighted by Crippen LogP contribution is -2.34. The summed E-state index contributed by atoms with van der Waals surface area (Å²) in [5, 5.41) is 11.2. The first-order chi connectivity index (χ1) is 12.7. The van der Waals surface area contributed by atoms with Crippen molar-refractivity contribution in [2.45, 2.75) is 24.8 Å². The maximum absolute atomic E-state index is 12.8. The van der Waals surface area contributed by atoms with E-state index in [0.29, 0.717) is 12.2 Å². The molecule has 0 bridgehead atoms. The minimum absolute atomic E-state index is 0.00192. The van der Waals surface area contributed by atoms with E-state index >= 15 is 0 Å². The molecule has 0 spiro atoms. The van der Waals surface area contributed by atoms with Crippen molar-refractivity contribution >= 4 is 5.91 Å². The molecule has 2 aromatic heterocycles. The van der Waals surface area contributed by atoms with Gasteiger partial charge in [0, 0.05) is 11.8 Å². The molecule has 1 aromatic carbocycles. The highest BCUT2D eigenvalue weighted by Crippen LogP contribution is 2.51. The maximum atomic E-state index is 12.8. The molecule has 0 saturated heterocycles. The Labute approximate surface area is 151 Å². The average Bonchev–Trinajstić information content (AvgIpc) is 3.38. The zero-order valence-electron chi connectivity index (χ0n) is 14.4. The zero-order valence-corrected chi connectivity index (χ0v) is 14.4. The van der Waals surface area contributed by atoms with E-state index in [4.69, 9.17) is 4.74 Å². The van der Waals surface area contributed by atoms with Crippen molar-refractivity contribution in [2.24, 2.45) is 0 Å². The third-order valence-corrected chi connectivity index (χ3v) is 4.69. The van der Waals surface area contributed by atoms with Crippen LogP contribution >= 0.6 is 0 Å². The molecule has 7 heteroatoms. The van der Waals surface area contributed by atoms with E-state index in [2.05, 4.69) is 20.6 Å². The van der Waals surface area contributed by atoms with Crippen LogP contribution in [0.2, 0.25) is 0 Å². The summed E-state index contributed by atoms with van der Waals surface area (Å²) >= 11 is 0. The Hall–Kier alpha value is -3.22. The number of carbonyl (C=O) groups is 1. The number of hydrogen-bond acceptors (Lipinski definition) is 5. The Morgan fingerprint density at radius 3 is 2.85 bits per heavy atom. The molecule has 1 aliphatic carbocycles. The topological polar surface area (TPSA) is 81.9 Å². The molecule has 0 unspecified atom stereocenters. The van der Waals surface area contributed by atoms with Gasteiger partial charge in [-0.15, -0.1) is 5.10 Å². The SMILES string of the molecule is COc1ccccc1C1(C(=O)NCc2cn(-c3cccnc3)nn2)CC1. The third kappa shape index (κ3) is 2.92. The van der Waals surface area contributed by atoms with E-state index in [-0.39, 0.29) is 5.91 Å². The molecule has 1 aliphatic rings.